The van der Waals surface area contributed by atoms with Gasteiger partial charge in [-0.15, -0.1) is 0 Å². The molecule has 0 aromatic rings. The molecule has 0 aliphatic carbocycles. The third-order valence-corrected chi connectivity index (χ3v) is 1.45. The van der Waals surface area contributed by atoms with Gasteiger partial charge in [0.05, 0.1) is 0 Å². The summed E-state index contributed by atoms with van der Waals surface area (Å²) in [5, 5.41) is 0. The van der Waals surface area contributed by atoms with Crippen LogP contribution in [0.3, 0.4) is 0 Å². The summed E-state index contributed by atoms with van der Waals surface area (Å²) < 4.78 is 39.2. The first-order valence-corrected chi connectivity index (χ1v) is 4.35. The molecule has 0 saturated heterocycles. The summed E-state index contributed by atoms with van der Waals surface area (Å²) in [5.74, 6) is 0. The largest absolute Gasteiger partial charge is 1.00 e. The Bertz CT molecular complexity index is 110. The van der Waals surface area contributed by atoms with Gasteiger partial charge in [-0.3, -0.25) is 0 Å². The first kappa shape index (κ1) is 16.9. The molecule has 74 valence electrons. The zero-order chi connectivity index (χ0) is 9.45. The molecule has 0 radical (unpaired) electrons. The van der Waals surface area contributed by atoms with Gasteiger partial charge in [0.2, 0.25) is 0 Å². The van der Waals surface area contributed by atoms with Crippen LogP contribution in [-0.4, -0.2) is 20.1 Å². The number of unbranched alkanes of at least 4 members (excludes halogenated alkanes) is 3. The van der Waals surface area contributed by atoms with Gasteiger partial charge in [-0.2, -0.15) is 0 Å². The number of hydrogen-bond donors (Lipinski definition) is 0. The first-order chi connectivity index (χ1) is 5.56. The number of hydrogen-bond acceptors (Lipinski definition) is 1. The van der Waals surface area contributed by atoms with Crippen LogP contribution in [0.1, 0.15) is 32.6 Å². The molecule has 0 aromatic heterocycles. The third-order valence-electron chi connectivity index (χ3n) is 1.45. The molecule has 0 heterocycles. The average molecular weight is 222 g/mol. The minimum Gasteiger partial charge on any atom is -0.447 e. The number of halogens is 3. The van der Waals surface area contributed by atoms with E-state index in [1.54, 1.807) is 0 Å². The van der Waals surface area contributed by atoms with Crippen molar-refractivity contribution in [3.8, 4) is 0 Å². The topological polar surface area (TPSA) is 9.23 Å². The van der Waals surface area contributed by atoms with E-state index in [1.165, 1.54) is 0 Å². The zero-order valence-corrected chi connectivity index (χ0v) is 11.5. The van der Waals surface area contributed by atoms with E-state index in [1.807, 2.05) is 0 Å². The fraction of sp³-hybridized carbons (Fsp3) is 1.00. The number of ether oxygens (including phenoxy) is 1. The zero-order valence-electron chi connectivity index (χ0n) is 8.36. The third kappa shape index (κ3) is 16.1. The van der Waals surface area contributed by atoms with Gasteiger partial charge in [0.15, 0.2) is 0 Å². The van der Waals surface area contributed by atoms with Crippen molar-refractivity contribution >= 4 is 6.98 Å². The van der Waals surface area contributed by atoms with Crippen molar-refractivity contribution in [2.75, 3.05) is 13.1 Å². The Morgan fingerprint density at radius 3 is 2.15 bits per heavy atom. The van der Waals surface area contributed by atoms with Crippen molar-refractivity contribution in [2.45, 2.75) is 32.6 Å². The molecular weight excluding hydrogens is 207 g/mol. The van der Waals surface area contributed by atoms with Crippen LogP contribution in [0.5, 0.6) is 0 Å². The standard InChI is InChI=1S/C7H15BF3O.K/c1-2-3-4-5-6-12-7-8(9,10)11;/h2-7H2,1H3;/q-1;+1. The van der Waals surface area contributed by atoms with Crippen LogP contribution in [0.2, 0.25) is 0 Å². The van der Waals surface area contributed by atoms with Gasteiger partial charge in [0, 0.05) is 13.1 Å². The van der Waals surface area contributed by atoms with Crippen molar-refractivity contribution in [1.82, 2.24) is 0 Å². The van der Waals surface area contributed by atoms with Crippen molar-refractivity contribution in [3.63, 3.8) is 0 Å². The maximum atomic E-state index is 11.6. The Kier molecular flexibility index (Phi) is 13.0. The fourth-order valence-corrected chi connectivity index (χ4v) is 0.848. The van der Waals surface area contributed by atoms with Crippen LogP contribution in [0, 0.1) is 0 Å². The Balaban J connectivity index is 0. The smallest absolute Gasteiger partial charge is 0.447 e. The molecule has 6 heteroatoms. The van der Waals surface area contributed by atoms with Crippen LogP contribution in [-0.2, 0) is 4.74 Å². The molecule has 0 aromatic carbocycles. The second kappa shape index (κ2) is 9.99. The predicted molar refractivity (Wildman–Crippen MR) is 44.0 cm³/mol. The van der Waals surface area contributed by atoms with E-state index in [9.17, 15) is 12.9 Å². The fourth-order valence-electron chi connectivity index (χ4n) is 0.848. The molecule has 0 bridgehead atoms. The summed E-state index contributed by atoms with van der Waals surface area (Å²) >= 11 is 0. The molecule has 13 heavy (non-hydrogen) atoms. The van der Waals surface area contributed by atoms with Crippen LogP contribution in [0.25, 0.3) is 0 Å². The Morgan fingerprint density at radius 1 is 1.08 bits per heavy atom. The van der Waals surface area contributed by atoms with Crippen LogP contribution >= 0.6 is 0 Å². The van der Waals surface area contributed by atoms with E-state index in [-0.39, 0.29) is 58.0 Å². The molecule has 0 N–H and O–H groups in total. The maximum Gasteiger partial charge on any atom is 1.00 e. The van der Waals surface area contributed by atoms with Crippen LogP contribution in [0.15, 0.2) is 0 Å². The monoisotopic (exact) mass is 222 g/mol. The minimum atomic E-state index is -4.75. The van der Waals surface area contributed by atoms with Gasteiger partial charge < -0.3 is 17.7 Å². The maximum absolute atomic E-state index is 11.6. The van der Waals surface area contributed by atoms with Gasteiger partial charge in [-0.25, -0.2) is 0 Å². The van der Waals surface area contributed by atoms with Gasteiger partial charge in [0.1, 0.15) is 0 Å². The Hall–Kier alpha value is 1.45. The Morgan fingerprint density at radius 2 is 1.69 bits per heavy atom. The summed E-state index contributed by atoms with van der Waals surface area (Å²) in [6, 6.07) is 0. The van der Waals surface area contributed by atoms with E-state index >= 15 is 0 Å². The van der Waals surface area contributed by atoms with E-state index in [0.29, 0.717) is 0 Å². The quantitative estimate of drug-likeness (QED) is 0.434. The molecule has 0 fully saturated rings. The van der Waals surface area contributed by atoms with Crippen LogP contribution < -0.4 is 51.4 Å². The molecule has 0 aliphatic rings. The van der Waals surface area contributed by atoms with E-state index in [2.05, 4.69) is 11.7 Å². The van der Waals surface area contributed by atoms with Crippen LogP contribution in [0.4, 0.5) is 12.9 Å². The van der Waals surface area contributed by atoms with E-state index < -0.39 is 13.5 Å². The van der Waals surface area contributed by atoms with E-state index in [4.69, 9.17) is 0 Å². The molecule has 0 aliphatic heterocycles. The summed E-state index contributed by atoms with van der Waals surface area (Å²) in [6.07, 6.45) is 3.85. The molecule has 1 nitrogen and oxygen atoms in total. The average Bonchev–Trinajstić information content (AvgIpc) is 1.94. The van der Waals surface area contributed by atoms with Crippen molar-refractivity contribution in [1.29, 1.82) is 0 Å². The normalized spacial score (nSPS) is 11.1. The SMILES string of the molecule is CCCCCCOC[B-](F)(F)F.[K+]. The predicted octanol–water partition coefficient (Wildman–Crippen LogP) is -0.0261. The molecule has 0 saturated carbocycles. The second-order valence-electron chi connectivity index (χ2n) is 2.85. The molecule has 0 atom stereocenters. The second-order valence-corrected chi connectivity index (χ2v) is 2.85. The first-order valence-electron chi connectivity index (χ1n) is 4.35. The summed E-state index contributed by atoms with van der Waals surface area (Å²) in [5.41, 5.74) is 0. The van der Waals surface area contributed by atoms with Crippen molar-refractivity contribution in [2.24, 2.45) is 0 Å². The van der Waals surface area contributed by atoms with Gasteiger partial charge in [-0.1, -0.05) is 26.2 Å². The van der Waals surface area contributed by atoms with Gasteiger partial charge >= 0.3 is 58.4 Å². The molecule has 0 spiro atoms. The van der Waals surface area contributed by atoms with Crippen molar-refractivity contribution < 1.29 is 69.1 Å². The van der Waals surface area contributed by atoms with Crippen molar-refractivity contribution in [3.05, 3.63) is 0 Å². The molecular formula is C7H15BF3KO. The summed E-state index contributed by atoms with van der Waals surface area (Å²) in [7, 11) is 0. The summed E-state index contributed by atoms with van der Waals surface area (Å²) in [6.45, 7) is -3.51. The van der Waals surface area contributed by atoms with Gasteiger partial charge in [-0.05, 0) is 6.42 Å². The number of rotatable bonds is 7. The molecule has 0 amide bonds. The molecule has 0 rings (SSSR count). The minimum absolute atomic E-state index is 0. The Labute approximate surface area is 120 Å². The van der Waals surface area contributed by atoms with E-state index in [0.717, 1.165) is 25.7 Å². The molecule has 0 unspecified atom stereocenters. The summed E-state index contributed by atoms with van der Waals surface area (Å²) in [4.78, 5) is 0. The van der Waals surface area contributed by atoms with Gasteiger partial charge in [0.25, 0.3) is 0 Å².